The molecule has 0 bridgehead atoms. The first-order valence-corrected chi connectivity index (χ1v) is 10.4. The summed E-state index contributed by atoms with van der Waals surface area (Å²) in [7, 11) is 3.09. The average Bonchev–Trinajstić information content (AvgIpc) is 2.73. The van der Waals surface area contributed by atoms with Crippen molar-refractivity contribution < 1.29 is 23.8 Å². The van der Waals surface area contributed by atoms with Gasteiger partial charge in [0, 0.05) is 0 Å². The molecule has 1 heterocycles. The minimum Gasteiger partial charge on any atom is -0.497 e. The number of nitrogens with one attached hydrogen (secondary N) is 1. The molecule has 1 N–H and O–H groups in total. The van der Waals surface area contributed by atoms with Crippen molar-refractivity contribution >= 4 is 63.5 Å². The molecule has 0 saturated carbocycles. The van der Waals surface area contributed by atoms with Gasteiger partial charge < -0.3 is 14.2 Å². The van der Waals surface area contributed by atoms with Gasteiger partial charge in [-0.2, -0.15) is 0 Å². The maximum atomic E-state index is 13.1. The highest BCUT2D eigenvalue weighted by Crippen LogP contribution is 2.35. The SMILES string of the molecule is CCOc1c(I)cc(/C=C2/C(=O)NC(=S)N(c3ccc(OC)cc3)C2=O)cc1OC. The van der Waals surface area contributed by atoms with Gasteiger partial charge in [-0.25, -0.2) is 0 Å². The van der Waals surface area contributed by atoms with E-state index in [2.05, 4.69) is 27.9 Å². The highest BCUT2D eigenvalue weighted by atomic mass is 127. The van der Waals surface area contributed by atoms with E-state index >= 15 is 0 Å². The Bertz CT molecular complexity index is 1040. The van der Waals surface area contributed by atoms with E-state index in [0.717, 1.165) is 3.57 Å². The third-order valence-electron chi connectivity index (χ3n) is 4.28. The van der Waals surface area contributed by atoms with Crippen molar-refractivity contribution in [3.8, 4) is 17.2 Å². The Labute approximate surface area is 193 Å². The number of carbonyl (C=O) groups is 2. The molecule has 1 fully saturated rings. The van der Waals surface area contributed by atoms with Gasteiger partial charge in [-0.1, -0.05) is 0 Å². The molecule has 0 aromatic heterocycles. The molecule has 3 rings (SSSR count). The number of anilines is 1. The van der Waals surface area contributed by atoms with E-state index in [9.17, 15) is 9.59 Å². The number of amides is 2. The van der Waals surface area contributed by atoms with Gasteiger partial charge in [0.15, 0.2) is 16.6 Å². The first-order valence-electron chi connectivity index (χ1n) is 8.95. The smallest absolute Gasteiger partial charge is 0.270 e. The number of ether oxygens (including phenoxy) is 3. The molecular formula is C21H19IN2O5S. The third-order valence-corrected chi connectivity index (χ3v) is 5.37. The molecule has 0 radical (unpaired) electrons. The van der Waals surface area contributed by atoms with E-state index in [4.69, 9.17) is 26.4 Å². The second kappa shape index (κ2) is 9.43. The molecule has 0 aliphatic carbocycles. The van der Waals surface area contributed by atoms with Gasteiger partial charge in [0.2, 0.25) is 0 Å². The van der Waals surface area contributed by atoms with Crippen LogP contribution in [0, 0.1) is 3.57 Å². The second-order valence-electron chi connectivity index (χ2n) is 6.12. The van der Waals surface area contributed by atoms with Crippen LogP contribution in [-0.2, 0) is 9.59 Å². The van der Waals surface area contributed by atoms with Crippen LogP contribution < -0.4 is 24.4 Å². The van der Waals surface area contributed by atoms with Crippen LogP contribution in [0.4, 0.5) is 5.69 Å². The van der Waals surface area contributed by atoms with Crippen LogP contribution >= 0.6 is 34.8 Å². The lowest BCUT2D eigenvalue weighted by molar-refractivity contribution is -0.122. The molecule has 1 aliphatic heterocycles. The van der Waals surface area contributed by atoms with E-state index in [-0.39, 0.29) is 10.7 Å². The van der Waals surface area contributed by atoms with E-state index in [1.54, 1.807) is 37.4 Å². The van der Waals surface area contributed by atoms with Crippen LogP contribution in [0.5, 0.6) is 17.2 Å². The maximum Gasteiger partial charge on any atom is 0.270 e. The normalized spacial score (nSPS) is 15.3. The van der Waals surface area contributed by atoms with Gasteiger partial charge in [-0.05, 0) is 89.8 Å². The molecule has 2 aromatic carbocycles. The summed E-state index contributed by atoms with van der Waals surface area (Å²) in [4.78, 5) is 26.9. The fourth-order valence-electron chi connectivity index (χ4n) is 2.90. The first kappa shape index (κ1) is 22.0. The van der Waals surface area contributed by atoms with E-state index in [1.807, 2.05) is 13.0 Å². The standard InChI is InChI=1S/C21H19IN2O5S/c1-4-29-18-16(22)10-12(11-17(18)28-3)9-15-19(25)23-21(30)24(20(15)26)13-5-7-14(27-2)8-6-13/h5-11H,4H2,1-3H3,(H,23,25,30)/b15-9-. The van der Waals surface area contributed by atoms with Crippen LogP contribution in [0.25, 0.3) is 6.08 Å². The van der Waals surface area contributed by atoms with Crippen molar-refractivity contribution in [2.24, 2.45) is 0 Å². The number of carbonyl (C=O) groups excluding carboxylic acids is 2. The minimum atomic E-state index is -0.558. The lowest BCUT2D eigenvalue weighted by atomic mass is 10.1. The van der Waals surface area contributed by atoms with Crippen molar-refractivity contribution in [2.45, 2.75) is 6.92 Å². The number of halogens is 1. The Morgan fingerprint density at radius 2 is 1.83 bits per heavy atom. The summed E-state index contributed by atoms with van der Waals surface area (Å²) in [5.74, 6) is 0.699. The fourth-order valence-corrected chi connectivity index (χ4v) is 3.96. The zero-order valence-corrected chi connectivity index (χ0v) is 19.5. The lowest BCUT2D eigenvalue weighted by Crippen LogP contribution is -2.54. The molecule has 1 aliphatic rings. The summed E-state index contributed by atoms with van der Waals surface area (Å²) < 4.78 is 17.0. The molecule has 30 heavy (non-hydrogen) atoms. The highest BCUT2D eigenvalue weighted by molar-refractivity contribution is 14.1. The molecule has 7 nitrogen and oxygen atoms in total. The zero-order chi connectivity index (χ0) is 21.8. The summed E-state index contributed by atoms with van der Waals surface area (Å²) >= 11 is 7.35. The van der Waals surface area contributed by atoms with E-state index < -0.39 is 11.8 Å². The van der Waals surface area contributed by atoms with Gasteiger partial charge in [-0.15, -0.1) is 0 Å². The van der Waals surface area contributed by atoms with E-state index in [0.29, 0.717) is 35.1 Å². The Kier molecular flexibility index (Phi) is 6.93. The van der Waals surface area contributed by atoms with Crippen LogP contribution in [0.1, 0.15) is 12.5 Å². The first-order chi connectivity index (χ1) is 14.4. The molecule has 2 amide bonds. The summed E-state index contributed by atoms with van der Waals surface area (Å²) in [5.41, 5.74) is 1.11. The summed E-state index contributed by atoms with van der Waals surface area (Å²) in [6, 6.07) is 10.3. The highest BCUT2D eigenvalue weighted by Gasteiger charge is 2.34. The van der Waals surface area contributed by atoms with Gasteiger partial charge in [0.05, 0.1) is 30.1 Å². The topological polar surface area (TPSA) is 77.1 Å². The summed E-state index contributed by atoms with van der Waals surface area (Å²) in [5, 5.41) is 2.59. The predicted molar refractivity (Wildman–Crippen MR) is 126 cm³/mol. The predicted octanol–water partition coefficient (Wildman–Crippen LogP) is 3.54. The maximum absolute atomic E-state index is 13.1. The van der Waals surface area contributed by atoms with Crippen molar-refractivity contribution in [1.82, 2.24) is 5.32 Å². The van der Waals surface area contributed by atoms with Crippen LogP contribution in [0.2, 0.25) is 0 Å². The molecule has 0 atom stereocenters. The molecule has 2 aromatic rings. The van der Waals surface area contributed by atoms with Crippen LogP contribution in [0.15, 0.2) is 42.0 Å². The summed E-state index contributed by atoms with van der Waals surface area (Å²) in [6.45, 7) is 2.37. The van der Waals surface area contributed by atoms with Crippen LogP contribution in [-0.4, -0.2) is 37.8 Å². The number of benzene rings is 2. The van der Waals surface area contributed by atoms with Crippen molar-refractivity contribution in [2.75, 3.05) is 25.7 Å². The largest absolute Gasteiger partial charge is 0.497 e. The van der Waals surface area contributed by atoms with Gasteiger partial charge >= 0.3 is 0 Å². The van der Waals surface area contributed by atoms with Crippen LogP contribution in [0.3, 0.4) is 0 Å². The van der Waals surface area contributed by atoms with Gasteiger partial charge in [0.1, 0.15) is 11.3 Å². The summed E-state index contributed by atoms with van der Waals surface area (Å²) in [6.07, 6.45) is 1.51. The number of nitrogens with zero attached hydrogens (tertiary/aromatic N) is 1. The molecule has 0 unspecified atom stereocenters. The van der Waals surface area contributed by atoms with Crippen molar-refractivity contribution in [3.05, 3.63) is 51.1 Å². The monoisotopic (exact) mass is 538 g/mol. The van der Waals surface area contributed by atoms with Gasteiger partial charge in [-0.3, -0.25) is 19.8 Å². The van der Waals surface area contributed by atoms with E-state index in [1.165, 1.54) is 18.1 Å². The minimum absolute atomic E-state index is 0.0196. The fraction of sp³-hybridized carbons (Fsp3) is 0.190. The van der Waals surface area contributed by atoms with Crippen molar-refractivity contribution in [3.63, 3.8) is 0 Å². The number of hydrogen-bond donors (Lipinski definition) is 1. The molecule has 156 valence electrons. The number of thiocarbonyl (C=S) groups is 1. The number of methoxy groups -OCH3 is 2. The average molecular weight is 538 g/mol. The van der Waals surface area contributed by atoms with Gasteiger partial charge in [0.25, 0.3) is 11.8 Å². The third kappa shape index (κ3) is 4.41. The molecule has 9 heteroatoms. The zero-order valence-electron chi connectivity index (χ0n) is 16.5. The molecule has 1 saturated heterocycles. The molecular weight excluding hydrogens is 519 g/mol. The molecule has 0 spiro atoms. The number of rotatable bonds is 6. The number of hydrogen-bond acceptors (Lipinski definition) is 6. The quantitative estimate of drug-likeness (QED) is 0.263. The Morgan fingerprint density at radius 3 is 2.43 bits per heavy atom. The van der Waals surface area contributed by atoms with Crippen molar-refractivity contribution in [1.29, 1.82) is 0 Å². The Balaban J connectivity index is 2.01. The Morgan fingerprint density at radius 1 is 1.13 bits per heavy atom. The Hall–Kier alpha value is -2.66. The lowest BCUT2D eigenvalue weighted by Gasteiger charge is -2.29. The second-order valence-corrected chi connectivity index (χ2v) is 7.67.